The summed E-state index contributed by atoms with van der Waals surface area (Å²) in [6.45, 7) is 9.08. The van der Waals surface area contributed by atoms with Crippen LogP contribution in [0.2, 0.25) is 0 Å². The van der Waals surface area contributed by atoms with Crippen molar-refractivity contribution in [3.8, 4) is 0 Å². The van der Waals surface area contributed by atoms with Gasteiger partial charge in [-0.15, -0.1) is 0 Å². The molecular formula is C48H78N2Ni. The van der Waals surface area contributed by atoms with Crippen molar-refractivity contribution in [2.24, 2.45) is 9.98 Å². The molecule has 0 radical (unpaired) electrons. The van der Waals surface area contributed by atoms with Crippen molar-refractivity contribution < 1.29 is 16.5 Å². The van der Waals surface area contributed by atoms with Crippen molar-refractivity contribution in [1.29, 1.82) is 0 Å². The van der Waals surface area contributed by atoms with Crippen LogP contribution < -0.4 is 0 Å². The molecule has 2 nitrogen and oxygen atoms in total. The number of rotatable bonds is 32. The smallest absolute Gasteiger partial charge is 0.0635 e. The summed E-state index contributed by atoms with van der Waals surface area (Å²) in [6.07, 6.45) is 44.0. The van der Waals surface area contributed by atoms with E-state index in [4.69, 9.17) is 9.98 Å². The molecule has 0 unspecified atom stereocenters. The molecule has 290 valence electrons. The van der Waals surface area contributed by atoms with Gasteiger partial charge in [-0.3, -0.25) is 9.98 Å². The van der Waals surface area contributed by atoms with Gasteiger partial charge in [0, 0.05) is 22.7 Å². The number of aryl methyl sites for hydroxylation is 2. The van der Waals surface area contributed by atoms with Crippen LogP contribution in [0.15, 0.2) is 58.5 Å². The second-order valence-electron chi connectivity index (χ2n) is 15.0. The van der Waals surface area contributed by atoms with Gasteiger partial charge in [0.25, 0.3) is 0 Å². The first-order chi connectivity index (χ1) is 24.7. The zero-order valence-electron chi connectivity index (χ0n) is 33.8. The third-order valence-corrected chi connectivity index (χ3v) is 10.0. The fourth-order valence-corrected chi connectivity index (χ4v) is 6.73. The summed E-state index contributed by atoms with van der Waals surface area (Å²) >= 11 is 0. The number of allylic oxidation sites excluding steroid dienone is 1. The predicted molar refractivity (Wildman–Crippen MR) is 227 cm³/mol. The molecule has 0 saturated carbocycles. The predicted octanol–water partition coefficient (Wildman–Crippen LogP) is 16.5. The molecule has 0 aliphatic carbocycles. The third kappa shape index (κ3) is 25.6. The van der Waals surface area contributed by atoms with Crippen LogP contribution in [-0.4, -0.2) is 11.9 Å². The van der Waals surface area contributed by atoms with Crippen molar-refractivity contribution >= 4 is 29.4 Å². The Bertz CT molecular complexity index is 1140. The van der Waals surface area contributed by atoms with E-state index in [1.165, 1.54) is 164 Å². The van der Waals surface area contributed by atoms with E-state index in [0.717, 1.165) is 49.2 Å². The maximum Gasteiger partial charge on any atom is 0.0635 e. The van der Waals surface area contributed by atoms with Gasteiger partial charge < -0.3 is 0 Å². The van der Waals surface area contributed by atoms with E-state index < -0.39 is 0 Å². The van der Waals surface area contributed by atoms with E-state index in [-0.39, 0.29) is 16.5 Å². The zero-order chi connectivity index (χ0) is 35.7. The normalized spacial score (nSPS) is 12.0. The summed E-state index contributed by atoms with van der Waals surface area (Å²) < 4.78 is 0. The fraction of sp³-hybridized carbons (Fsp3) is 0.667. The van der Waals surface area contributed by atoms with Gasteiger partial charge in [0.15, 0.2) is 0 Å². The molecule has 2 aromatic carbocycles. The van der Waals surface area contributed by atoms with Crippen LogP contribution in [0.1, 0.15) is 211 Å². The molecule has 2 aromatic rings. The van der Waals surface area contributed by atoms with Crippen LogP contribution in [0.3, 0.4) is 0 Å². The fourth-order valence-electron chi connectivity index (χ4n) is 6.73. The SMILES string of the molecule is CCCCCCCCCCCCCCCCCCCCC=Cc1ccc(N=C(C=Nc2cc(CCCC)cc(CCCC)c2)CCCC)cc1.[Ni]. The molecular weight excluding hydrogens is 663 g/mol. The average molecular weight is 742 g/mol. The van der Waals surface area contributed by atoms with Gasteiger partial charge in [0.1, 0.15) is 0 Å². The average Bonchev–Trinajstić information content (AvgIpc) is 3.14. The number of unbranched alkanes of at least 4 members (excludes halogenated alkanes) is 21. The van der Waals surface area contributed by atoms with Gasteiger partial charge in [-0.05, 0) is 92.3 Å². The van der Waals surface area contributed by atoms with Crippen LogP contribution in [0, 0.1) is 0 Å². The molecule has 0 N–H and O–H groups in total. The van der Waals surface area contributed by atoms with E-state index in [2.05, 4.69) is 82.3 Å². The summed E-state index contributed by atoms with van der Waals surface area (Å²) in [4.78, 5) is 9.99. The van der Waals surface area contributed by atoms with Crippen LogP contribution in [0.5, 0.6) is 0 Å². The number of aliphatic imine (C=N–C) groups is 2. The Morgan fingerprint density at radius 3 is 1.41 bits per heavy atom. The quantitative estimate of drug-likeness (QED) is 0.0405. The largest absolute Gasteiger partial charge is 0.255 e. The molecule has 51 heavy (non-hydrogen) atoms. The molecule has 0 spiro atoms. The van der Waals surface area contributed by atoms with Crippen molar-refractivity contribution in [2.75, 3.05) is 0 Å². The van der Waals surface area contributed by atoms with Gasteiger partial charge in [-0.2, -0.15) is 0 Å². The summed E-state index contributed by atoms with van der Waals surface area (Å²) in [5.41, 5.74) is 7.26. The minimum Gasteiger partial charge on any atom is -0.255 e. The molecule has 0 amide bonds. The molecule has 0 saturated heterocycles. The van der Waals surface area contributed by atoms with Crippen LogP contribution >= 0.6 is 0 Å². The van der Waals surface area contributed by atoms with Gasteiger partial charge in [-0.1, -0.05) is 186 Å². The Morgan fingerprint density at radius 1 is 0.490 bits per heavy atom. The molecule has 0 aliphatic heterocycles. The molecule has 0 fully saturated rings. The van der Waals surface area contributed by atoms with Crippen molar-refractivity contribution in [3.05, 3.63) is 65.2 Å². The molecule has 0 aromatic heterocycles. The van der Waals surface area contributed by atoms with Crippen LogP contribution in [-0.2, 0) is 29.3 Å². The molecule has 3 heteroatoms. The first-order valence-electron chi connectivity index (χ1n) is 21.7. The first kappa shape index (κ1) is 47.0. The molecule has 0 heterocycles. The third-order valence-electron chi connectivity index (χ3n) is 10.0. The summed E-state index contributed by atoms with van der Waals surface area (Å²) in [5.74, 6) is 0. The Labute approximate surface area is 327 Å². The number of hydrogen-bond acceptors (Lipinski definition) is 2. The Balaban J connectivity index is 0.0000130. The van der Waals surface area contributed by atoms with Crippen LogP contribution in [0.25, 0.3) is 6.08 Å². The van der Waals surface area contributed by atoms with E-state index in [1.54, 1.807) is 0 Å². The first-order valence-corrected chi connectivity index (χ1v) is 21.7. The minimum atomic E-state index is 0. The molecule has 2 rings (SSSR count). The minimum absolute atomic E-state index is 0. The van der Waals surface area contributed by atoms with Crippen molar-refractivity contribution in [2.45, 2.75) is 207 Å². The summed E-state index contributed by atoms with van der Waals surface area (Å²) in [7, 11) is 0. The second-order valence-corrected chi connectivity index (χ2v) is 15.0. The maximum atomic E-state index is 5.03. The van der Waals surface area contributed by atoms with Gasteiger partial charge in [-0.25, -0.2) is 0 Å². The van der Waals surface area contributed by atoms with Gasteiger partial charge >= 0.3 is 0 Å². The summed E-state index contributed by atoms with van der Waals surface area (Å²) in [6, 6.07) is 15.7. The number of nitrogens with zero attached hydrogens (tertiary/aromatic N) is 2. The maximum absolute atomic E-state index is 5.03. The van der Waals surface area contributed by atoms with Crippen LogP contribution in [0.4, 0.5) is 11.4 Å². The van der Waals surface area contributed by atoms with Crippen molar-refractivity contribution in [1.82, 2.24) is 0 Å². The van der Waals surface area contributed by atoms with E-state index in [9.17, 15) is 0 Å². The topological polar surface area (TPSA) is 24.7 Å². The Morgan fingerprint density at radius 2 is 0.941 bits per heavy atom. The summed E-state index contributed by atoms with van der Waals surface area (Å²) in [5, 5.41) is 0. The second kappa shape index (κ2) is 33.8. The van der Waals surface area contributed by atoms with Crippen molar-refractivity contribution in [3.63, 3.8) is 0 Å². The molecule has 0 atom stereocenters. The molecule has 0 aliphatic rings. The Hall–Kier alpha value is -1.99. The number of benzene rings is 2. The van der Waals surface area contributed by atoms with E-state index >= 15 is 0 Å². The number of hydrogen-bond donors (Lipinski definition) is 0. The van der Waals surface area contributed by atoms with E-state index in [0.29, 0.717) is 0 Å². The standard InChI is InChI=1S/C48H78N2.Ni/c1-5-9-13-14-15-16-17-18-19-20-21-22-23-24-25-26-27-28-29-30-33-43-35-37-46(38-36-43)50-47(34-12-8-4)42-49-48-40-44(31-10-6-2)39-45(41-48)32-11-7-3;/h30,33,35-42H,5-29,31-32,34H2,1-4H3;. The van der Waals surface area contributed by atoms with Gasteiger partial charge in [0.2, 0.25) is 0 Å². The zero-order valence-corrected chi connectivity index (χ0v) is 34.8. The van der Waals surface area contributed by atoms with E-state index in [1.807, 2.05) is 6.21 Å². The monoisotopic (exact) mass is 741 g/mol. The Kier molecular flexibility index (Phi) is 31.2. The van der Waals surface area contributed by atoms with Gasteiger partial charge in [0.05, 0.1) is 17.1 Å². The molecule has 0 bridgehead atoms.